The van der Waals surface area contributed by atoms with E-state index in [0.29, 0.717) is 12.8 Å². The van der Waals surface area contributed by atoms with Gasteiger partial charge in [-0.1, -0.05) is 38.2 Å². The van der Waals surface area contributed by atoms with Crippen molar-refractivity contribution in [2.45, 2.75) is 31.6 Å². The summed E-state index contributed by atoms with van der Waals surface area (Å²) in [6, 6.07) is 7.71. The van der Waals surface area contributed by atoms with Gasteiger partial charge in [0.1, 0.15) is 0 Å². The van der Waals surface area contributed by atoms with E-state index in [0.717, 1.165) is 10.6 Å². The molecule has 0 unspecified atom stereocenters. The van der Waals surface area contributed by atoms with E-state index < -0.39 is 5.41 Å². The molecule has 0 spiro atoms. The van der Waals surface area contributed by atoms with Gasteiger partial charge < -0.3 is 11.1 Å². The fraction of sp³-hybridized carbons (Fsp3) is 0.429. The second-order valence-electron chi connectivity index (χ2n) is 4.31. The zero-order valence-electron chi connectivity index (χ0n) is 11.5. The van der Waals surface area contributed by atoms with Gasteiger partial charge in [-0.25, -0.2) is 0 Å². The average Bonchev–Trinajstić information content (AvgIpc) is 2.41. The number of hydrogen-bond donors (Lipinski definition) is 2. The first kappa shape index (κ1) is 16.0. The van der Waals surface area contributed by atoms with Crippen LogP contribution in [0.15, 0.2) is 29.2 Å². The first-order chi connectivity index (χ1) is 9.01. The molecule has 19 heavy (non-hydrogen) atoms. The Labute approximate surface area is 124 Å². The van der Waals surface area contributed by atoms with Crippen LogP contribution in [-0.4, -0.2) is 17.2 Å². The molecule has 0 aliphatic heterocycles. The normalized spacial score (nSPS) is 11.1. The highest BCUT2D eigenvalue weighted by atomic mass is 32.2. The number of nitrogens with one attached hydrogen (secondary N) is 1. The van der Waals surface area contributed by atoms with Crippen molar-refractivity contribution in [1.82, 2.24) is 0 Å². The summed E-state index contributed by atoms with van der Waals surface area (Å²) in [6.07, 6.45) is 3.18. The summed E-state index contributed by atoms with van der Waals surface area (Å²) >= 11 is 6.69. The summed E-state index contributed by atoms with van der Waals surface area (Å²) in [4.78, 5) is 13.8. The first-order valence-corrected chi connectivity index (χ1v) is 7.89. The number of para-hydroxylation sites is 1. The lowest BCUT2D eigenvalue weighted by Crippen LogP contribution is -2.45. The minimum absolute atomic E-state index is 0.119. The Morgan fingerprint density at radius 3 is 2.42 bits per heavy atom. The van der Waals surface area contributed by atoms with Crippen molar-refractivity contribution in [1.29, 1.82) is 0 Å². The molecule has 0 bridgehead atoms. The maximum absolute atomic E-state index is 12.5. The van der Waals surface area contributed by atoms with E-state index in [2.05, 4.69) is 5.32 Å². The van der Waals surface area contributed by atoms with Crippen molar-refractivity contribution in [2.75, 3.05) is 11.6 Å². The molecule has 1 amide bonds. The summed E-state index contributed by atoms with van der Waals surface area (Å²) in [5, 5.41) is 2.96. The van der Waals surface area contributed by atoms with Crippen LogP contribution in [0.25, 0.3) is 0 Å². The number of anilines is 1. The molecule has 0 saturated carbocycles. The number of nitrogens with two attached hydrogens (primary N) is 1. The molecule has 0 radical (unpaired) electrons. The number of rotatable bonds is 6. The Morgan fingerprint density at radius 2 is 1.95 bits per heavy atom. The Kier molecular flexibility index (Phi) is 5.82. The van der Waals surface area contributed by atoms with Crippen LogP contribution in [0.2, 0.25) is 0 Å². The van der Waals surface area contributed by atoms with Gasteiger partial charge in [0, 0.05) is 4.90 Å². The van der Waals surface area contributed by atoms with Crippen molar-refractivity contribution >= 4 is 40.6 Å². The molecule has 3 N–H and O–H groups in total. The van der Waals surface area contributed by atoms with E-state index >= 15 is 0 Å². The fourth-order valence-corrected chi connectivity index (χ4v) is 2.96. The van der Waals surface area contributed by atoms with Gasteiger partial charge in [0.05, 0.1) is 16.1 Å². The maximum Gasteiger partial charge on any atom is 0.237 e. The van der Waals surface area contributed by atoms with Gasteiger partial charge in [-0.3, -0.25) is 4.79 Å². The summed E-state index contributed by atoms with van der Waals surface area (Å²) in [5.41, 5.74) is 5.83. The van der Waals surface area contributed by atoms with Crippen molar-refractivity contribution in [3.05, 3.63) is 24.3 Å². The molecule has 0 aliphatic rings. The first-order valence-electron chi connectivity index (χ1n) is 6.26. The van der Waals surface area contributed by atoms with Crippen molar-refractivity contribution in [3.8, 4) is 0 Å². The number of amides is 1. The minimum Gasteiger partial charge on any atom is -0.392 e. The third-order valence-corrected chi connectivity index (χ3v) is 4.66. The number of thioether (sulfide) groups is 1. The van der Waals surface area contributed by atoms with E-state index in [1.807, 2.05) is 44.4 Å². The van der Waals surface area contributed by atoms with E-state index in [9.17, 15) is 4.79 Å². The van der Waals surface area contributed by atoms with Gasteiger partial charge in [0.15, 0.2) is 0 Å². The van der Waals surface area contributed by atoms with Gasteiger partial charge in [0.25, 0.3) is 0 Å². The zero-order valence-corrected chi connectivity index (χ0v) is 13.2. The molecular formula is C14H20N2OS2. The zero-order chi connectivity index (χ0) is 14.5. The quantitative estimate of drug-likeness (QED) is 0.624. The van der Waals surface area contributed by atoms with Gasteiger partial charge in [-0.2, -0.15) is 0 Å². The van der Waals surface area contributed by atoms with E-state index in [-0.39, 0.29) is 10.9 Å². The molecular weight excluding hydrogens is 276 g/mol. The van der Waals surface area contributed by atoms with Crippen LogP contribution >= 0.6 is 24.0 Å². The summed E-state index contributed by atoms with van der Waals surface area (Å²) in [5.74, 6) is -0.119. The molecule has 1 aromatic carbocycles. The monoisotopic (exact) mass is 296 g/mol. The molecule has 5 heteroatoms. The van der Waals surface area contributed by atoms with Crippen LogP contribution in [0.1, 0.15) is 26.7 Å². The van der Waals surface area contributed by atoms with Crippen LogP contribution in [0.4, 0.5) is 5.69 Å². The Bertz CT molecular complexity index is 470. The molecule has 0 atom stereocenters. The van der Waals surface area contributed by atoms with Crippen LogP contribution in [0.3, 0.4) is 0 Å². The fourth-order valence-electron chi connectivity index (χ4n) is 2.02. The minimum atomic E-state index is -0.763. The Morgan fingerprint density at radius 1 is 1.37 bits per heavy atom. The van der Waals surface area contributed by atoms with Crippen LogP contribution in [0, 0.1) is 5.41 Å². The largest absolute Gasteiger partial charge is 0.392 e. The van der Waals surface area contributed by atoms with E-state index in [1.165, 1.54) is 0 Å². The number of benzene rings is 1. The molecule has 3 nitrogen and oxygen atoms in total. The number of hydrogen-bond acceptors (Lipinski definition) is 3. The Hall–Kier alpha value is -1.07. The number of carbonyl (C=O) groups is 1. The van der Waals surface area contributed by atoms with Crippen molar-refractivity contribution in [3.63, 3.8) is 0 Å². The van der Waals surface area contributed by atoms with E-state index in [1.54, 1.807) is 11.8 Å². The molecule has 0 aliphatic carbocycles. The highest BCUT2D eigenvalue weighted by molar-refractivity contribution is 7.98. The standard InChI is InChI=1S/C14H20N2OS2/c1-4-14(5-2,12(15)18)13(17)16-10-8-6-7-9-11(10)19-3/h6-9H,4-5H2,1-3H3,(H2,15,18)(H,16,17). The Balaban J connectivity index is 3.04. The maximum atomic E-state index is 12.5. The second-order valence-corrected chi connectivity index (χ2v) is 5.60. The summed E-state index contributed by atoms with van der Waals surface area (Å²) < 4.78 is 0. The topological polar surface area (TPSA) is 55.1 Å². The smallest absolute Gasteiger partial charge is 0.237 e. The molecule has 0 heterocycles. The molecule has 104 valence electrons. The highest BCUT2D eigenvalue weighted by Crippen LogP contribution is 2.31. The summed E-state index contributed by atoms with van der Waals surface area (Å²) in [6.45, 7) is 3.87. The summed E-state index contributed by atoms with van der Waals surface area (Å²) in [7, 11) is 0. The molecule has 1 rings (SSSR count). The number of thiocarbonyl (C=S) groups is 1. The second kappa shape index (κ2) is 6.91. The van der Waals surface area contributed by atoms with Crippen LogP contribution in [-0.2, 0) is 4.79 Å². The predicted molar refractivity (Wildman–Crippen MR) is 86.7 cm³/mol. The molecule has 0 aromatic heterocycles. The van der Waals surface area contributed by atoms with Gasteiger partial charge in [-0.05, 0) is 31.2 Å². The van der Waals surface area contributed by atoms with Crippen molar-refractivity contribution < 1.29 is 4.79 Å². The predicted octanol–water partition coefficient (Wildman–Crippen LogP) is 3.44. The average molecular weight is 296 g/mol. The third kappa shape index (κ3) is 3.28. The lowest BCUT2D eigenvalue weighted by atomic mass is 9.81. The van der Waals surface area contributed by atoms with Gasteiger partial charge >= 0.3 is 0 Å². The lowest BCUT2D eigenvalue weighted by molar-refractivity contribution is -0.122. The number of carbonyl (C=O) groups excluding carboxylic acids is 1. The molecule has 0 saturated heterocycles. The van der Waals surface area contributed by atoms with E-state index in [4.69, 9.17) is 18.0 Å². The molecule has 0 fully saturated rings. The van der Waals surface area contributed by atoms with Crippen LogP contribution in [0.5, 0.6) is 0 Å². The SMILES string of the molecule is CCC(CC)(C(=O)Nc1ccccc1SC)C(N)=S. The highest BCUT2D eigenvalue weighted by Gasteiger charge is 2.38. The van der Waals surface area contributed by atoms with Crippen molar-refractivity contribution in [2.24, 2.45) is 11.1 Å². The van der Waals surface area contributed by atoms with Gasteiger partial charge in [0.2, 0.25) is 5.91 Å². The van der Waals surface area contributed by atoms with Crippen LogP contribution < -0.4 is 11.1 Å². The lowest BCUT2D eigenvalue weighted by Gasteiger charge is -2.29. The van der Waals surface area contributed by atoms with Gasteiger partial charge in [-0.15, -0.1) is 11.8 Å². The third-order valence-electron chi connectivity index (χ3n) is 3.47. The molecule has 1 aromatic rings.